The van der Waals surface area contributed by atoms with Gasteiger partial charge < -0.3 is 4.90 Å². The van der Waals surface area contributed by atoms with Gasteiger partial charge in [-0.1, -0.05) is 71.2 Å². The molecule has 0 saturated heterocycles. The van der Waals surface area contributed by atoms with Crippen molar-refractivity contribution in [2.45, 2.75) is 0 Å². The first kappa shape index (κ1) is 25.5. The van der Waals surface area contributed by atoms with Gasteiger partial charge in [0.1, 0.15) is 21.0 Å². The van der Waals surface area contributed by atoms with E-state index >= 15 is 0 Å². The van der Waals surface area contributed by atoms with Crippen LogP contribution in [0.3, 0.4) is 0 Å². The quantitative estimate of drug-likeness (QED) is 0.181. The molecule has 8 aromatic rings. The van der Waals surface area contributed by atoms with Crippen molar-refractivity contribution in [3.8, 4) is 32.3 Å². The lowest BCUT2D eigenvalue weighted by atomic mass is 9.98. The molecular weight excluding hydrogens is 567 g/mol. The predicted molar refractivity (Wildman–Crippen MR) is 179 cm³/mol. The largest absolute Gasteiger partial charge is 0.311 e. The van der Waals surface area contributed by atoms with Gasteiger partial charge in [0.25, 0.3) is 0 Å². The van der Waals surface area contributed by atoms with Crippen molar-refractivity contribution in [3.63, 3.8) is 0 Å². The highest BCUT2D eigenvalue weighted by Gasteiger charge is 2.15. The minimum atomic E-state index is 0.909. The van der Waals surface area contributed by atoms with Crippen LogP contribution in [0.5, 0.6) is 0 Å². The lowest BCUT2D eigenvalue weighted by Crippen LogP contribution is -2.09. The van der Waals surface area contributed by atoms with Gasteiger partial charge >= 0.3 is 0 Å². The molecule has 0 amide bonds. The summed E-state index contributed by atoms with van der Waals surface area (Å²) >= 11 is 3.08. The van der Waals surface area contributed by atoms with E-state index in [9.17, 15) is 0 Å². The average Bonchev–Trinajstić information content (AvgIpc) is 3.81. The van der Waals surface area contributed by atoms with Gasteiger partial charge in [0.2, 0.25) is 0 Å². The molecule has 0 saturated carbocycles. The highest BCUT2D eigenvalue weighted by atomic mass is 32.1. The van der Waals surface area contributed by atoms with Crippen LogP contribution in [0.4, 0.5) is 17.1 Å². The van der Waals surface area contributed by atoms with Gasteiger partial charge in [0.05, 0.1) is 0 Å². The molecule has 5 nitrogen and oxygen atoms in total. The Morgan fingerprint density at radius 2 is 0.837 bits per heavy atom. The molecule has 0 bridgehead atoms. The Bertz CT molecular complexity index is 2080. The van der Waals surface area contributed by atoms with E-state index in [0.717, 1.165) is 38.2 Å². The number of rotatable bonds is 6. The number of anilines is 3. The van der Waals surface area contributed by atoms with Gasteiger partial charge in [-0.2, -0.15) is 0 Å². The van der Waals surface area contributed by atoms with E-state index in [2.05, 4.69) is 153 Å². The van der Waals surface area contributed by atoms with Crippen LogP contribution < -0.4 is 4.90 Å². The average molecular weight is 590 g/mol. The fourth-order valence-corrected chi connectivity index (χ4v) is 6.59. The number of benzene rings is 6. The first-order valence-corrected chi connectivity index (χ1v) is 15.6. The number of fused-ring (bicyclic) bond motifs is 2. The Hall–Kier alpha value is -5.24. The summed E-state index contributed by atoms with van der Waals surface area (Å²) in [6, 6.07) is 45.5. The molecule has 0 atom stereocenters. The molecule has 43 heavy (non-hydrogen) atoms. The summed E-state index contributed by atoms with van der Waals surface area (Å²) in [5.74, 6) is 0. The lowest BCUT2D eigenvalue weighted by molar-refractivity contribution is 1.09. The Morgan fingerprint density at radius 1 is 0.395 bits per heavy atom. The number of nitrogens with zero attached hydrogens (tertiary/aromatic N) is 5. The second-order valence-electron chi connectivity index (χ2n) is 10.2. The maximum atomic E-state index is 4.23. The molecule has 2 heterocycles. The number of hydrogen-bond donors (Lipinski definition) is 0. The van der Waals surface area contributed by atoms with Gasteiger partial charge in [-0.25, -0.2) is 0 Å². The van der Waals surface area contributed by atoms with Crippen LogP contribution >= 0.6 is 22.7 Å². The fourth-order valence-electron chi connectivity index (χ4n) is 5.47. The van der Waals surface area contributed by atoms with Gasteiger partial charge in [-0.3, -0.25) is 0 Å². The first-order valence-electron chi connectivity index (χ1n) is 13.8. The molecule has 8 rings (SSSR count). The smallest absolute Gasteiger partial charge is 0.147 e. The number of aromatic nitrogens is 4. The molecule has 0 unspecified atom stereocenters. The summed E-state index contributed by atoms with van der Waals surface area (Å²) < 4.78 is 0. The van der Waals surface area contributed by atoms with Crippen molar-refractivity contribution in [1.29, 1.82) is 0 Å². The lowest BCUT2D eigenvalue weighted by Gasteiger charge is -2.26. The third-order valence-electron chi connectivity index (χ3n) is 7.63. The van der Waals surface area contributed by atoms with Gasteiger partial charge in [0, 0.05) is 28.2 Å². The van der Waals surface area contributed by atoms with Crippen molar-refractivity contribution in [1.82, 2.24) is 20.4 Å². The van der Waals surface area contributed by atoms with Crippen LogP contribution in [0.2, 0.25) is 0 Å². The van der Waals surface area contributed by atoms with Gasteiger partial charge in [-0.05, 0) is 112 Å². The topological polar surface area (TPSA) is 54.8 Å². The monoisotopic (exact) mass is 589 g/mol. The molecule has 0 aliphatic rings. The molecule has 6 aromatic carbocycles. The van der Waals surface area contributed by atoms with Crippen molar-refractivity contribution >= 4 is 61.3 Å². The molecule has 0 N–H and O–H groups in total. The molecule has 204 valence electrons. The first-order chi connectivity index (χ1) is 21.3. The minimum Gasteiger partial charge on any atom is -0.311 e. The second-order valence-corrected chi connectivity index (χ2v) is 11.9. The van der Waals surface area contributed by atoms with E-state index in [1.807, 2.05) is 0 Å². The Labute approximate surface area is 256 Å². The molecule has 0 aliphatic heterocycles. The van der Waals surface area contributed by atoms with Gasteiger partial charge in [0.15, 0.2) is 0 Å². The normalized spacial score (nSPS) is 11.3. The number of hydrogen-bond acceptors (Lipinski definition) is 7. The van der Waals surface area contributed by atoms with Crippen molar-refractivity contribution in [3.05, 3.63) is 138 Å². The zero-order chi connectivity index (χ0) is 28.6. The molecule has 0 radical (unpaired) electrons. The van der Waals surface area contributed by atoms with Crippen LogP contribution in [0.15, 0.2) is 138 Å². The van der Waals surface area contributed by atoms with Crippen LogP contribution in [0, 0.1) is 0 Å². The predicted octanol–water partition coefficient (Wildman–Crippen LogP) is 10.2. The van der Waals surface area contributed by atoms with Crippen molar-refractivity contribution in [2.24, 2.45) is 0 Å². The van der Waals surface area contributed by atoms with E-state index in [1.54, 1.807) is 11.0 Å². The third-order valence-corrected chi connectivity index (χ3v) is 9.11. The molecule has 0 fully saturated rings. The summed E-state index contributed by atoms with van der Waals surface area (Å²) in [5.41, 5.74) is 11.2. The van der Waals surface area contributed by atoms with E-state index in [-0.39, 0.29) is 0 Å². The van der Waals surface area contributed by atoms with Crippen LogP contribution in [-0.4, -0.2) is 20.4 Å². The van der Waals surface area contributed by atoms with Crippen molar-refractivity contribution in [2.75, 3.05) is 4.90 Å². The molecule has 7 heteroatoms. The molecular formula is C36H23N5S2. The Morgan fingerprint density at radius 3 is 1.33 bits per heavy atom. The van der Waals surface area contributed by atoms with E-state index < -0.39 is 0 Å². The van der Waals surface area contributed by atoms with Crippen LogP contribution in [0.25, 0.3) is 53.8 Å². The summed E-state index contributed by atoms with van der Waals surface area (Å²) in [6.45, 7) is 0. The van der Waals surface area contributed by atoms with Crippen LogP contribution in [0.1, 0.15) is 0 Å². The standard InChI is InChI=1S/C36H23N5S2/c1-2-4-28-20-31-21-29(5-6-30(31)19-27(28)3-1)24-7-13-32(14-8-24)41(33-15-9-25(10-16-33)35-39-37-22-42-35)34-17-11-26(12-18-34)36-40-38-23-43-36/h1-23H. The molecule has 0 spiro atoms. The summed E-state index contributed by atoms with van der Waals surface area (Å²) in [6.07, 6.45) is 0. The van der Waals surface area contributed by atoms with Crippen LogP contribution in [-0.2, 0) is 0 Å². The SMILES string of the molecule is c1ccc2cc3cc(-c4ccc(N(c5ccc(-c6nncs6)cc5)c5ccc(-c6nncs6)cc5)cc4)ccc3cc2c1. The molecule has 2 aromatic heterocycles. The van der Waals surface area contributed by atoms with E-state index in [4.69, 9.17) is 0 Å². The third kappa shape index (κ3) is 4.95. The van der Waals surface area contributed by atoms with Crippen molar-refractivity contribution < 1.29 is 0 Å². The molecule has 0 aliphatic carbocycles. The summed E-state index contributed by atoms with van der Waals surface area (Å²) in [7, 11) is 0. The highest BCUT2D eigenvalue weighted by Crippen LogP contribution is 2.38. The summed E-state index contributed by atoms with van der Waals surface area (Å²) in [5, 5.41) is 23.3. The minimum absolute atomic E-state index is 0.909. The Balaban J connectivity index is 1.16. The Kier molecular flexibility index (Phi) is 6.44. The second kappa shape index (κ2) is 10.9. The summed E-state index contributed by atoms with van der Waals surface area (Å²) in [4.78, 5) is 2.27. The van der Waals surface area contributed by atoms with E-state index in [1.165, 1.54) is 55.3 Å². The fraction of sp³-hybridized carbons (Fsp3) is 0. The van der Waals surface area contributed by atoms with Gasteiger partial charge in [-0.15, -0.1) is 20.4 Å². The maximum Gasteiger partial charge on any atom is 0.147 e. The van der Waals surface area contributed by atoms with E-state index in [0.29, 0.717) is 0 Å². The zero-order valence-electron chi connectivity index (χ0n) is 22.8. The highest BCUT2D eigenvalue weighted by molar-refractivity contribution is 7.13. The maximum absolute atomic E-state index is 4.23. The zero-order valence-corrected chi connectivity index (χ0v) is 24.5.